The summed E-state index contributed by atoms with van der Waals surface area (Å²) in [6, 6.07) is 0. The maximum Gasteiger partial charge on any atom is 0.311 e. The van der Waals surface area contributed by atoms with Crippen LogP contribution in [0.25, 0.3) is 0 Å². The van der Waals surface area contributed by atoms with Crippen LogP contribution in [0.2, 0.25) is 0 Å². The molecule has 0 aliphatic heterocycles. The van der Waals surface area contributed by atoms with E-state index in [-0.39, 0.29) is 5.91 Å². The minimum absolute atomic E-state index is 0.247. The first kappa shape index (κ1) is 14.0. The molecule has 5 heteroatoms. The highest BCUT2D eigenvalue weighted by Crippen LogP contribution is 2.34. The van der Waals surface area contributed by atoms with Crippen LogP contribution in [0.4, 0.5) is 0 Å². The summed E-state index contributed by atoms with van der Waals surface area (Å²) in [5, 5.41) is 12.0. The first-order valence-corrected chi connectivity index (χ1v) is 5.88. The lowest BCUT2D eigenvalue weighted by molar-refractivity contribution is -0.152. The van der Waals surface area contributed by atoms with E-state index in [9.17, 15) is 14.7 Å². The van der Waals surface area contributed by atoms with E-state index in [1.54, 1.807) is 27.7 Å². The van der Waals surface area contributed by atoms with Gasteiger partial charge < -0.3 is 16.2 Å². The molecule has 4 N–H and O–H groups in total. The van der Waals surface area contributed by atoms with Crippen LogP contribution >= 0.6 is 0 Å². The molecule has 98 valence electrons. The molecule has 0 aromatic rings. The molecular weight excluding hydrogens is 220 g/mol. The second-order valence-corrected chi connectivity index (χ2v) is 6.02. The number of hydrogen-bond donors (Lipinski definition) is 3. The summed E-state index contributed by atoms with van der Waals surface area (Å²) in [5.74, 6) is -1.19. The zero-order valence-electron chi connectivity index (χ0n) is 11.0. The normalized spacial score (nSPS) is 19.4. The van der Waals surface area contributed by atoms with Gasteiger partial charge in [-0.25, -0.2) is 0 Å². The van der Waals surface area contributed by atoms with Crippen LogP contribution < -0.4 is 11.1 Å². The highest BCUT2D eigenvalue weighted by Gasteiger charge is 2.48. The SMILES string of the molecule is CC(C)(NC(=O)C1(N)CCC1)C(C)(C)C(=O)O. The van der Waals surface area contributed by atoms with Gasteiger partial charge in [-0.1, -0.05) is 0 Å². The smallest absolute Gasteiger partial charge is 0.311 e. The molecule has 1 amide bonds. The highest BCUT2D eigenvalue weighted by atomic mass is 16.4. The molecule has 0 radical (unpaired) electrons. The number of hydrogen-bond acceptors (Lipinski definition) is 3. The number of carbonyl (C=O) groups is 2. The number of carboxylic acids is 1. The lowest BCUT2D eigenvalue weighted by Gasteiger charge is -2.43. The average Bonchev–Trinajstić information content (AvgIpc) is 2.12. The molecule has 0 heterocycles. The van der Waals surface area contributed by atoms with Gasteiger partial charge in [-0.15, -0.1) is 0 Å². The molecule has 1 aliphatic carbocycles. The molecule has 0 saturated heterocycles. The van der Waals surface area contributed by atoms with E-state index in [0.717, 1.165) is 6.42 Å². The Balaban J connectivity index is 2.79. The van der Waals surface area contributed by atoms with Crippen molar-refractivity contribution in [2.45, 2.75) is 58.0 Å². The number of nitrogens with two attached hydrogens (primary N) is 1. The minimum Gasteiger partial charge on any atom is -0.481 e. The average molecular weight is 242 g/mol. The van der Waals surface area contributed by atoms with Crippen molar-refractivity contribution in [3.63, 3.8) is 0 Å². The molecule has 0 aromatic carbocycles. The maximum absolute atomic E-state index is 12.0. The van der Waals surface area contributed by atoms with Crippen molar-refractivity contribution >= 4 is 11.9 Å². The van der Waals surface area contributed by atoms with Crippen molar-refractivity contribution in [1.82, 2.24) is 5.32 Å². The minimum atomic E-state index is -1.05. The van der Waals surface area contributed by atoms with Crippen LogP contribution in [0.3, 0.4) is 0 Å². The van der Waals surface area contributed by atoms with Crippen molar-refractivity contribution in [2.24, 2.45) is 11.1 Å². The molecule has 0 aromatic heterocycles. The van der Waals surface area contributed by atoms with Crippen LogP contribution in [-0.4, -0.2) is 28.1 Å². The van der Waals surface area contributed by atoms with Crippen LogP contribution in [0.5, 0.6) is 0 Å². The van der Waals surface area contributed by atoms with Crippen LogP contribution in [0.1, 0.15) is 47.0 Å². The van der Waals surface area contributed by atoms with Gasteiger partial charge in [0.1, 0.15) is 0 Å². The van der Waals surface area contributed by atoms with Gasteiger partial charge in [0.2, 0.25) is 5.91 Å². The Morgan fingerprint density at radius 3 is 2.00 bits per heavy atom. The van der Waals surface area contributed by atoms with E-state index < -0.39 is 22.5 Å². The summed E-state index contributed by atoms with van der Waals surface area (Å²) in [7, 11) is 0. The second-order valence-electron chi connectivity index (χ2n) is 6.02. The van der Waals surface area contributed by atoms with Gasteiger partial charge >= 0.3 is 5.97 Å². The molecule has 1 fully saturated rings. The van der Waals surface area contributed by atoms with E-state index in [4.69, 9.17) is 5.73 Å². The van der Waals surface area contributed by atoms with Crippen molar-refractivity contribution < 1.29 is 14.7 Å². The lowest BCUT2D eigenvalue weighted by atomic mass is 9.72. The standard InChI is InChI=1S/C12H22N2O3/c1-10(2,9(16)17)11(3,4)14-8(15)12(13)6-5-7-12/h5-7,13H2,1-4H3,(H,14,15)(H,16,17). The highest BCUT2D eigenvalue weighted by molar-refractivity contribution is 5.88. The lowest BCUT2D eigenvalue weighted by Crippen LogP contribution is -2.66. The van der Waals surface area contributed by atoms with Crippen molar-refractivity contribution in [3.8, 4) is 0 Å². The Labute approximate surface area is 102 Å². The zero-order chi connectivity index (χ0) is 13.5. The third-order valence-corrected chi connectivity index (χ3v) is 4.22. The molecule has 0 unspecified atom stereocenters. The van der Waals surface area contributed by atoms with Gasteiger partial charge in [0, 0.05) is 0 Å². The van der Waals surface area contributed by atoms with E-state index >= 15 is 0 Å². The molecule has 1 aliphatic rings. The monoisotopic (exact) mass is 242 g/mol. The van der Waals surface area contributed by atoms with Crippen molar-refractivity contribution in [3.05, 3.63) is 0 Å². The Morgan fingerprint density at radius 1 is 1.24 bits per heavy atom. The molecule has 17 heavy (non-hydrogen) atoms. The predicted octanol–water partition coefficient (Wildman–Crippen LogP) is 0.873. The Kier molecular flexibility index (Phi) is 3.27. The molecule has 1 rings (SSSR count). The van der Waals surface area contributed by atoms with E-state index in [2.05, 4.69) is 5.32 Å². The van der Waals surface area contributed by atoms with Crippen molar-refractivity contribution in [1.29, 1.82) is 0 Å². The predicted molar refractivity (Wildman–Crippen MR) is 64.4 cm³/mol. The topological polar surface area (TPSA) is 92.4 Å². The molecular formula is C12H22N2O3. The number of nitrogens with one attached hydrogen (secondary N) is 1. The molecule has 0 atom stereocenters. The third-order valence-electron chi connectivity index (χ3n) is 4.22. The van der Waals surface area contributed by atoms with Gasteiger partial charge in [-0.3, -0.25) is 9.59 Å². The number of aliphatic carboxylic acids is 1. The third kappa shape index (κ3) is 2.29. The quantitative estimate of drug-likeness (QED) is 0.682. The van der Waals surface area contributed by atoms with Gasteiger partial charge in [0.25, 0.3) is 0 Å². The van der Waals surface area contributed by atoms with Gasteiger partial charge in [-0.05, 0) is 47.0 Å². The number of carbonyl (C=O) groups excluding carboxylic acids is 1. The van der Waals surface area contributed by atoms with E-state index in [1.807, 2.05) is 0 Å². The summed E-state index contributed by atoms with van der Waals surface area (Å²) in [4.78, 5) is 23.2. The number of rotatable bonds is 4. The van der Waals surface area contributed by atoms with E-state index in [0.29, 0.717) is 12.8 Å². The Morgan fingerprint density at radius 2 is 1.71 bits per heavy atom. The van der Waals surface area contributed by atoms with E-state index in [1.165, 1.54) is 0 Å². The molecule has 1 saturated carbocycles. The fourth-order valence-corrected chi connectivity index (χ4v) is 1.62. The summed E-state index contributed by atoms with van der Waals surface area (Å²) in [5.41, 5.74) is 3.21. The number of carboxylic acid groups (broad SMARTS) is 1. The van der Waals surface area contributed by atoms with Crippen molar-refractivity contribution in [2.75, 3.05) is 0 Å². The number of amides is 1. The summed E-state index contributed by atoms with van der Waals surface area (Å²) >= 11 is 0. The zero-order valence-corrected chi connectivity index (χ0v) is 11.0. The summed E-state index contributed by atoms with van der Waals surface area (Å²) < 4.78 is 0. The first-order valence-electron chi connectivity index (χ1n) is 5.88. The van der Waals surface area contributed by atoms with Crippen LogP contribution in [-0.2, 0) is 9.59 Å². The van der Waals surface area contributed by atoms with Crippen LogP contribution in [0.15, 0.2) is 0 Å². The second kappa shape index (κ2) is 3.98. The Hall–Kier alpha value is -1.10. The van der Waals surface area contributed by atoms with Crippen LogP contribution in [0, 0.1) is 5.41 Å². The maximum atomic E-state index is 12.0. The molecule has 5 nitrogen and oxygen atoms in total. The largest absolute Gasteiger partial charge is 0.481 e. The molecule has 0 bridgehead atoms. The first-order chi connectivity index (χ1) is 7.53. The van der Waals surface area contributed by atoms with Gasteiger partial charge in [0.05, 0.1) is 16.5 Å². The fraction of sp³-hybridized carbons (Fsp3) is 0.833. The van der Waals surface area contributed by atoms with Gasteiger partial charge in [0.15, 0.2) is 0 Å². The Bertz CT molecular complexity index is 344. The summed E-state index contributed by atoms with van der Waals surface area (Å²) in [6.07, 6.45) is 2.29. The summed E-state index contributed by atoms with van der Waals surface area (Å²) in [6.45, 7) is 6.61. The fourth-order valence-electron chi connectivity index (χ4n) is 1.62. The van der Waals surface area contributed by atoms with Gasteiger partial charge in [-0.2, -0.15) is 0 Å². The molecule has 0 spiro atoms.